The number of carbonyl (C=O) groups is 2. The third-order valence-electron chi connectivity index (χ3n) is 5.40. The molecule has 0 fully saturated rings. The van der Waals surface area contributed by atoms with Crippen molar-refractivity contribution >= 4 is 23.2 Å². The molecule has 2 amide bonds. The third kappa shape index (κ3) is 2.56. The number of hydrogen-bond donors (Lipinski definition) is 0. The minimum atomic E-state index is -1.60. The van der Waals surface area contributed by atoms with Crippen LogP contribution in [-0.2, 0) is 20.1 Å². The molecule has 0 aromatic heterocycles. The Balaban J connectivity index is 1.98. The first kappa shape index (κ1) is 18.8. The van der Waals surface area contributed by atoms with Gasteiger partial charge in [-0.15, -0.1) is 6.58 Å². The number of amides is 2. The lowest BCUT2D eigenvalue weighted by atomic mass is 9.97. The van der Waals surface area contributed by atoms with Crippen molar-refractivity contribution in [1.82, 2.24) is 0 Å². The van der Waals surface area contributed by atoms with Gasteiger partial charge in [0.05, 0.1) is 23.9 Å². The van der Waals surface area contributed by atoms with Crippen molar-refractivity contribution < 1.29 is 19.1 Å². The number of benzene rings is 2. The number of ether oxygens (including phenoxy) is 2. The van der Waals surface area contributed by atoms with Crippen LogP contribution < -0.4 is 14.5 Å². The zero-order valence-corrected chi connectivity index (χ0v) is 16.6. The normalized spacial score (nSPS) is 20.8. The number of rotatable bonds is 4. The van der Waals surface area contributed by atoms with E-state index in [0.717, 1.165) is 0 Å². The second kappa shape index (κ2) is 6.81. The van der Waals surface area contributed by atoms with Gasteiger partial charge >= 0.3 is 0 Å². The Morgan fingerprint density at radius 1 is 1.10 bits per heavy atom. The van der Waals surface area contributed by atoms with Crippen molar-refractivity contribution in [3.05, 3.63) is 78.1 Å². The molecule has 1 atom stereocenters. The van der Waals surface area contributed by atoms with E-state index in [1.807, 2.05) is 24.3 Å². The predicted molar refractivity (Wildman–Crippen MR) is 111 cm³/mol. The number of fused-ring (bicyclic) bond motifs is 2. The Hall–Kier alpha value is -3.54. The highest BCUT2D eigenvalue weighted by molar-refractivity contribution is 6.17. The summed E-state index contributed by atoms with van der Waals surface area (Å²) in [5.41, 5.74) is 0.735. The van der Waals surface area contributed by atoms with Crippen LogP contribution in [0.1, 0.15) is 19.4 Å². The molecule has 6 nitrogen and oxygen atoms in total. The van der Waals surface area contributed by atoms with E-state index in [-0.39, 0.29) is 11.8 Å². The van der Waals surface area contributed by atoms with Crippen LogP contribution in [0, 0.1) is 0 Å². The number of allylic oxidation sites excluding steroid dienone is 1. The fourth-order valence-corrected chi connectivity index (χ4v) is 3.86. The predicted octanol–water partition coefficient (Wildman–Crippen LogP) is 3.74. The number of anilines is 2. The molecule has 0 saturated heterocycles. The summed E-state index contributed by atoms with van der Waals surface area (Å²) in [6, 6.07) is 14.4. The van der Waals surface area contributed by atoms with E-state index >= 15 is 0 Å². The van der Waals surface area contributed by atoms with Crippen molar-refractivity contribution in [3.63, 3.8) is 0 Å². The topological polar surface area (TPSA) is 59.1 Å². The van der Waals surface area contributed by atoms with E-state index in [2.05, 4.69) is 6.58 Å². The number of methoxy groups -OCH3 is 1. The van der Waals surface area contributed by atoms with Gasteiger partial charge in [0.15, 0.2) is 0 Å². The molecule has 2 aromatic carbocycles. The fourth-order valence-electron chi connectivity index (χ4n) is 3.86. The van der Waals surface area contributed by atoms with E-state index < -0.39 is 5.72 Å². The molecule has 2 aliphatic rings. The molecule has 148 valence electrons. The van der Waals surface area contributed by atoms with Crippen molar-refractivity contribution in [1.29, 1.82) is 0 Å². The average molecular weight is 390 g/mol. The maximum Gasteiger partial charge on any atom is 0.298 e. The molecule has 2 aromatic rings. The summed E-state index contributed by atoms with van der Waals surface area (Å²) < 4.78 is 11.5. The molecule has 6 heteroatoms. The summed E-state index contributed by atoms with van der Waals surface area (Å²) in [5.74, 6) is 0.489. The zero-order valence-electron chi connectivity index (χ0n) is 16.6. The van der Waals surface area contributed by atoms with Crippen LogP contribution in [0.2, 0.25) is 0 Å². The minimum Gasteiger partial charge on any atom is -0.497 e. The van der Waals surface area contributed by atoms with Crippen LogP contribution in [-0.4, -0.2) is 25.5 Å². The Labute approximate surface area is 169 Å². The van der Waals surface area contributed by atoms with Gasteiger partial charge in [-0.05, 0) is 44.2 Å². The van der Waals surface area contributed by atoms with Gasteiger partial charge in [-0.1, -0.05) is 24.3 Å². The van der Waals surface area contributed by atoms with Crippen molar-refractivity contribution in [2.75, 3.05) is 23.5 Å². The van der Waals surface area contributed by atoms with Gasteiger partial charge in [0.25, 0.3) is 17.5 Å². The van der Waals surface area contributed by atoms with Gasteiger partial charge < -0.3 is 14.4 Å². The summed E-state index contributed by atoms with van der Waals surface area (Å²) in [5, 5.41) is 0. The van der Waals surface area contributed by atoms with Gasteiger partial charge in [-0.25, -0.2) is 0 Å². The number of nitrogens with zero attached hydrogens (tertiary/aromatic N) is 2. The lowest BCUT2D eigenvalue weighted by Gasteiger charge is -2.43. The molecule has 2 heterocycles. The Morgan fingerprint density at radius 3 is 2.45 bits per heavy atom. The van der Waals surface area contributed by atoms with Crippen LogP contribution in [0.15, 0.2) is 72.5 Å². The standard InChI is InChI=1S/C23H22N2O4/c1-5-14-24-20-9-7-6-8-19(20)23(22(24)27)25(21(26)15(2)16(3)29-23)17-10-12-18(28-4)13-11-17/h5-13H,1,14H2,2-4H3. The number of carbonyl (C=O) groups excluding carboxylic acids is 2. The average Bonchev–Trinajstić information content (AvgIpc) is 2.96. The van der Waals surface area contributed by atoms with Crippen molar-refractivity contribution in [2.24, 2.45) is 0 Å². The smallest absolute Gasteiger partial charge is 0.298 e. The first-order valence-electron chi connectivity index (χ1n) is 9.33. The highest BCUT2D eigenvalue weighted by Gasteiger charge is 2.61. The second-order valence-corrected chi connectivity index (χ2v) is 6.99. The molecule has 0 aliphatic carbocycles. The van der Waals surface area contributed by atoms with Gasteiger partial charge in [0.2, 0.25) is 0 Å². The lowest BCUT2D eigenvalue weighted by Crippen LogP contribution is -2.60. The van der Waals surface area contributed by atoms with E-state index in [1.54, 1.807) is 56.2 Å². The van der Waals surface area contributed by atoms with Gasteiger partial charge in [-0.2, -0.15) is 0 Å². The first-order valence-corrected chi connectivity index (χ1v) is 9.33. The Kier molecular flexibility index (Phi) is 4.42. The highest BCUT2D eigenvalue weighted by Crippen LogP contribution is 2.50. The zero-order chi connectivity index (χ0) is 20.8. The monoisotopic (exact) mass is 390 g/mol. The van der Waals surface area contributed by atoms with Gasteiger partial charge in [0.1, 0.15) is 11.5 Å². The van der Waals surface area contributed by atoms with Gasteiger partial charge in [-0.3, -0.25) is 14.5 Å². The molecule has 0 bridgehead atoms. The molecule has 0 N–H and O–H groups in total. The molecular formula is C23H22N2O4. The molecule has 1 spiro atoms. The molecule has 0 saturated carbocycles. The summed E-state index contributed by atoms with van der Waals surface area (Å²) in [7, 11) is 1.58. The lowest BCUT2D eigenvalue weighted by molar-refractivity contribution is -0.145. The van der Waals surface area contributed by atoms with Gasteiger partial charge in [0, 0.05) is 12.2 Å². The fraction of sp³-hybridized carbons (Fsp3) is 0.217. The second-order valence-electron chi connectivity index (χ2n) is 6.99. The van der Waals surface area contributed by atoms with Crippen LogP contribution >= 0.6 is 0 Å². The SMILES string of the molecule is C=CCN1C(=O)C2(OC(C)=C(C)C(=O)N2c2ccc(OC)cc2)c2ccccc21. The molecular weight excluding hydrogens is 368 g/mol. The number of para-hydroxylation sites is 1. The number of hydrogen-bond acceptors (Lipinski definition) is 4. The van der Waals surface area contributed by atoms with E-state index in [4.69, 9.17) is 9.47 Å². The van der Waals surface area contributed by atoms with E-state index in [0.29, 0.717) is 40.6 Å². The minimum absolute atomic E-state index is 0.275. The molecule has 2 aliphatic heterocycles. The Bertz CT molecular complexity index is 1040. The highest BCUT2D eigenvalue weighted by atomic mass is 16.5. The summed E-state index contributed by atoms with van der Waals surface area (Å²) in [6.07, 6.45) is 1.66. The van der Waals surface area contributed by atoms with E-state index in [9.17, 15) is 9.59 Å². The molecule has 0 radical (unpaired) electrons. The summed E-state index contributed by atoms with van der Waals surface area (Å²) >= 11 is 0. The van der Waals surface area contributed by atoms with Crippen LogP contribution in [0.5, 0.6) is 5.75 Å². The summed E-state index contributed by atoms with van der Waals surface area (Å²) in [6.45, 7) is 7.49. The van der Waals surface area contributed by atoms with Crippen LogP contribution in [0.4, 0.5) is 11.4 Å². The third-order valence-corrected chi connectivity index (χ3v) is 5.40. The maximum absolute atomic E-state index is 13.7. The maximum atomic E-state index is 13.7. The molecule has 29 heavy (non-hydrogen) atoms. The first-order chi connectivity index (χ1) is 14.0. The van der Waals surface area contributed by atoms with Crippen LogP contribution in [0.3, 0.4) is 0 Å². The van der Waals surface area contributed by atoms with Crippen LogP contribution in [0.25, 0.3) is 0 Å². The largest absolute Gasteiger partial charge is 0.497 e. The quantitative estimate of drug-likeness (QED) is 0.747. The summed E-state index contributed by atoms with van der Waals surface area (Å²) in [4.78, 5) is 30.2. The van der Waals surface area contributed by atoms with E-state index in [1.165, 1.54) is 4.90 Å². The molecule has 1 unspecified atom stereocenters. The Morgan fingerprint density at radius 2 is 1.79 bits per heavy atom. The van der Waals surface area contributed by atoms with Crippen molar-refractivity contribution in [3.8, 4) is 5.75 Å². The van der Waals surface area contributed by atoms with Crippen molar-refractivity contribution in [2.45, 2.75) is 19.6 Å². The molecule has 4 rings (SSSR count).